The standard InChI is InChI=1S/C12H15N5O3/c1-3-20-11-6-9(4-5-10(11)17(18)19)13-7-12-14-8-16(2)15-12/h4-6,8,13H,3,7H2,1-2H3. The molecule has 2 aromatic rings. The van der Waals surface area contributed by atoms with Crippen molar-refractivity contribution in [2.75, 3.05) is 11.9 Å². The maximum atomic E-state index is 10.9. The van der Waals surface area contributed by atoms with E-state index in [1.165, 1.54) is 6.07 Å². The Bertz CT molecular complexity index is 611. The third-order valence-corrected chi connectivity index (χ3v) is 2.55. The molecule has 8 heteroatoms. The van der Waals surface area contributed by atoms with Crippen LogP contribution < -0.4 is 10.1 Å². The van der Waals surface area contributed by atoms with Crippen LogP contribution in [0, 0.1) is 10.1 Å². The van der Waals surface area contributed by atoms with Crippen molar-refractivity contribution in [3.8, 4) is 5.75 Å². The van der Waals surface area contributed by atoms with E-state index in [1.807, 2.05) is 0 Å². The van der Waals surface area contributed by atoms with E-state index in [9.17, 15) is 10.1 Å². The lowest BCUT2D eigenvalue weighted by Crippen LogP contribution is -2.04. The Balaban J connectivity index is 2.12. The zero-order valence-corrected chi connectivity index (χ0v) is 11.2. The smallest absolute Gasteiger partial charge is 0.311 e. The van der Waals surface area contributed by atoms with Gasteiger partial charge in [-0.3, -0.25) is 14.8 Å². The molecule has 0 aliphatic carbocycles. The number of ether oxygens (including phenoxy) is 1. The highest BCUT2D eigenvalue weighted by Crippen LogP contribution is 2.30. The van der Waals surface area contributed by atoms with E-state index < -0.39 is 4.92 Å². The average molecular weight is 277 g/mol. The van der Waals surface area contributed by atoms with Crippen molar-refractivity contribution in [3.63, 3.8) is 0 Å². The van der Waals surface area contributed by atoms with Gasteiger partial charge in [-0.25, -0.2) is 4.98 Å². The van der Waals surface area contributed by atoms with E-state index in [4.69, 9.17) is 4.74 Å². The van der Waals surface area contributed by atoms with Gasteiger partial charge in [0.2, 0.25) is 0 Å². The number of aromatic nitrogens is 3. The summed E-state index contributed by atoms with van der Waals surface area (Å²) in [5.41, 5.74) is 0.667. The van der Waals surface area contributed by atoms with Gasteiger partial charge in [-0.2, -0.15) is 5.10 Å². The molecule has 20 heavy (non-hydrogen) atoms. The Hall–Kier alpha value is -2.64. The van der Waals surface area contributed by atoms with Gasteiger partial charge in [0, 0.05) is 24.9 Å². The summed E-state index contributed by atoms with van der Waals surface area (Å²) in [5, 5.41) is 18.1. The summed E-state index contributed by atoms with van der Waals surface area (Å²) in [7, 11) is 1.79. The van der Waals surface area contributed by atoms with Crippen molar-refractivity contribution in [3.05, 3.63) is 40.5 Å². The molecule has 0 atom stereocenters. The highest BCUT2D eigenvalue weighted by Gasteiger charge is 2.15. The predicted molar refractivity (Wildman–Crippen MR) is 72.6 cm³/mol. The number of anilines is 1. The molecule has 0 saturated carbocycles. The molecule has 0 bridgehead atoms. The number of aryl methyl sites for hydroxylation is 1. The second-order valence-electron chi connectivity index (χ2n) is 4.06. The lowest BCUT2D eigenvalue weighted by atomic mass is 10.2. The molecule has 0 fully saturated rings. The molecule has 0 radical (unpaired) electrons. The SMILES string of the molecule is CCOc1cc(NCc2ncn(C)n2)ccc1[N+](=O)[O-]. The predicted octanol–water partition coefficient (Wildman–Crippen LogP) is 1.73. The first-order valence-electron chi connectivity index (χ1n) is 6.09. The Labute approximate surface area is 115 Å². The minimum atomic E-state index is -0.463. The molecule has 1 aromatic carbocycles. The number of hydrogen-bond donors (Lipinski definition) is 1. The average Bonchev–Trinajstić information content (AvgIpc) is 2.82. The fourth-order valence-electron chi connectivity index (χ4n) is 1.69. The number of nitro benzene ring substituents is 1. The molecular formula is C12H15N5O3. The van der Waals surface area contributed by atoms with Gasteiger partial charge in [-0.05, 0) is 13.0 Å². The first-order chi connectivity index (χ1) is 9.60. The van der Waals surface area contributed by atoms with Crippen LogP contribution in [-0.4, -0.2) is 26.3 Å². The lowest BCUT2D eigenvalue weighted by molar-refractivity contribution is -0.385. The summed E-state index contributed by atoms with van der Waals surface area (Å²) < 4.78 is 6.89. The molecule has 1 aromatic heterocycles. The van der Waals surface area contributed by atoms with Crippen molar-refractivity contribution in [2.24, 2.45) is 7.05 Å². The maximum Gasteiger partial charge on any atom is 0.311 e. The van der Waals surface area contributed by atoms with Crippen molar-refractivity contribution >= 4 is 11.4 Å². The van der Waals surface area contributed by atoms with Crippen LogP contribution >= 0.6 is 0 Å². The van der Waals surface area contributed by atoms with Gasteiger partial charge < -0.3 is 10.1 Å². The van der Waals surface area contributed by atoms with Crippen LogP contribution in [0.25, 0.3) is 0 Å². The molecule has 0 saturated heterocycles. The van der Waals surface area contributed by atoms with Gasteiger partial charge in [0.05, 0.1) is 18.1 Å². The maximum absolute atomic E-state index is 10.9. The van der Waals surface area contributed by atoms with Crippen LogP contribution in [-0.2, 0) is 13.6 Å². The minimum absolute atomic E-state index is 0.0478. The molecular weight excluding hydrogens is 262 g/mol. The van der Waals surface area contributed by atoms with Crippen LogP contribution in [0.3, 0.4) is 0 Å². The Morgan fingerprint density at radius 3 is 2.90 bits per heavy atom. The van der Waals surface area contributed by atoms with Gasteiger partial charge in [0.25, 0.3) is 0 Å². The first kappa shape index (κ1) is 13.8. The number of nitro groups is 1. The van der Waals surface area contributed by atoms with Crippen LogP contribution in [0.4, 0.5) is 11.4 Å². The Morgan fingerprint density at radius 2 is 2.30 bits per heavy atom. The van der Waals surface area contributed by atoms with E-state index in [0.29, 0.717) is 24.7 Å². The summed E-state index contributed by atoms with van der Waals surface area (Å²) >= 11 is 0. The Kier molecular flexibility index (Phi) is 4.14. The van der Waals surface area contributed by atoms with Crippen molar-refractivity contribution < 1.29 is 9.66 Å². The van der Waals surface area contributed by atoms with Gasteiger partial charge in [-0.15, -0.1) is 0 Å². The zero-order chi connectivity index (χ0) is 14.5. The van der Waals surface area contributed by atoms with Crippen LogP contribution in [0.1, 0.15) is 12.7 Å². The molecule has 0 spiro atoms. The summed E-state index contributed by atoms with van der Waals surface area (Å²) in [6, 6.07) is 4.65. The summed E-state index contributed by atoms with van der Waals surface area (Å²) in [6.07, 6.45) is 1.61. The Morgan fingerprint density at radius 1 is 1.50 bits per heavy atom. The second-order valence-corrected chi connectivity index (χ2v) is 4.06. The first-order valence-corrected chi connectivity index (χ1v) is 6.09. The quantitative estimate of drug-likeness (QED) is 0.638. The topological polar surface area (TPSA) is 95.1 Å². The van der Waals surface area contributed by atoms with Crippen LogP contribution in [0.2, 0.25) is 0 Å². The fraction of sp³-hybridized carbons (Fsp3) is 0.333. The zero-order valence-electron chi connectivity index (χ0n) is 11.2. The van der Waals surface area contributed by atoms with Crippen molar-refractivity contribution in [1.29, 1.82) is 0 Å². The second kappa shape index (κ2) is 6.00. The molecule has 2 rings (SSSR count). The van der Waals surface area contributed by atoms with Crippen molar-refractivity contribution in [1.82, 2.24) is 14.8 Å². The number of nitrogens with one attached hydrogen (secondary N) is 1. The number of benzene rings is 1. The van der Waals surface area contributed by atoms with Gasteiger partial charge in [0.1, 0.15) is 6.33 Å². The highest BCUT2D eigenvalue weighted by molar-refractivity contribution is 5.57. The summed E-state index contributed by atoms with van der Waals surface area (Å²) in [4.78, 5) is 14.5. The molecule has 106 valence electrons. The van der Waals surface area contributed by atoms with E-state index in [2.05, 4.69) is 15.4 Å². The lowest BCUT2D eigenvalue weighted by Gasteiger charge is -2.08. The molecule has 1 heterocycles. The molecule has 0 amide bonds. The number of rotatable bonds is 6. The number of hydrogen-bond acceptors (Lipinski definition) is 6. The number of nitrogens with zero attached hydrogens (tertiary/aromatic N) is 4. The normalized spacial score (nSPS) is 10.3. The molecule has 0 unspecified atom stereocenters. The van der Waals surface area contributed by atoms with Crippen LogP contribution in [0.15, 0.2) is 24.5 Å². The monoisotopic (exact) mass is 277 g/mol. The third-order valence-electron chi connectivity index (χ3n) is 2.55. The summed E-state index contributed by atoms with van der Waals surface area (Å²) in [5.74, 6) is 0.889. The van der Waals surface area contributed by atoms with E-state index in [1.54, 1.807) is 37.1 Å². The van der Waals surface area contributed by atoms with Gasteiger partial charge >= 0.3 is 5.69 Å². The van der Waals surface area contributed by atoms with E-state index in [-0.39, 0.29) is 11.4 Å². The largest absolute Gasteiger partial charge is 0.487 e. The molecule has 0 aliphatic rings. The third kappa shape index (κ3) is 3.22. The minimum Gasteiger partial charge on any atom is -0.487 e. The molecule has 1 N–H and O–H groups in total. The van der Waals surface area contributed by atoms with Gasteiger partial charge in [-0.1, -0.05) is 0 Å². The van der Waals surface area contributed by atoms with Crippen LogP contribution in [0.5, 0.6) is 5.75 Å². The summed E-state index contributed by atoms with van der Waals surface area (Å²) in [6.45, 7) is 2.58. The molecule has 0 aliphatic heterocycles. The van der Waals surface area contributed by atoms with Gasteiger partial charge in [0.15, 0.2) is 11.6 Å². The van der Waals surface area contributed by atoms with E-state index >= 15 is 0 Å². The highest BCUT2D eigenvalue weighted by atomic mass is 16.6. The van der Waals surface area contributed by atoms with E-state index in [0.717, 1.165) is 0 Å². The van der Waals surface area contributed by atoms with Crippen molar-refractivity contribution in [2.45, 2.75) is 13.5 Å². The molecule has 8 nitrogen and oxygen atoms in total. The fourth-order valence-corrected chi connectivity index (χ4v) is 1.69.